The Kier molecular flexibility index (Phi) is 3.48. The molecular weight excluding hydrogens is 184 g/mol. The van der Waals surface area contributed by atoms with Gasteiger partial charge in [0.25, 0.3) is 0 Å². The van der Waals surface area contributed by atoms with Crippen molar-refractivity contribution in [3.05, 3.63) is 0 Å². The van der Waals surface area contributed by atoms with E-state index in [1.807, 2.05) is 0 Å². The quantitative estimate of drug-likeness (QED) is 0.671. The average molecular weight is 208 g/mol. The van der Waals surface area contributed by atoms with Gasteiger partial charge in [0, 0.05) is 12.3 Å². The third-order valence-electron chi connectivity index (χ3n) is 4.79. The molecular formula is C14H24O. The van der Waals surface area contributed by atoms with Crippen LogP contribution in [0.3, 0.4) is 0 Å². The molecule has 2 fully saturated rings. The Bertz CT molecular complexity index is 229. The number of fused-ring (bicyclic) bond motifs is 2. The van der Waals surface area contributed by atoms with Gasteiger partial charge >= 0.3 is 0 Å². The lowest BCUT2D eigenvalue weighted by molar-refractivity contribution is -0.124. The van der Waals surface area contributed by atoms with Crippen LogP contribution in [0.25, 0.3) is 0 Å². The first-order chi connectivity index (χ1) is 7.24. The normalized spacial score (nSPS) is 33.9. The fraction of sp³-hybridized carbons (Fsp3) is 0.929. The molecule has 2 rings (SSSR count). The van der Waals surface area contributed by atoms with Crippen LogP contribution in [-0.2, 0) is 4.79 Å². The first kappa shape index (κ1) is 11.2. The first-order valence-corrected chi connectivity index (χ1v) is 6.77. The molecule has 2 bridgehead atoms. The Morgan fingerprint density at radius 2 is 1.93 bits per heavy atom. The summed E-state index contributed by atoms with van der Waals surface area (Å²) in [6.07, 6.45) is 8.61. The minimum Gasteiger partial charge on any atom is -0.299 e. The van der Waals surface area contributed by atoms with Crippen molar-refractivity contribution in [2.75, 3.05) is 0 Å². The zero-order valence-electron chi connectivity index (χ0n) is 10.2. The van der Waals surface area contributed by atoms with Crippen molar-refractivity contribution in [1.82, 2.24) is 0 Å². The minimum absolute atomic E-state index is 0.351. The summed E-state index contributed by atoms with van der Waals surface area (Å²) < 4.78 is 0. The molecule has 3 atom stereocenters. The molecule has 0 N–H and O–H groups in total. The van der Waals surface area contributed by atoms with Crippen LogP contribution >= 0.6 is 0 Å². The van der Waals surface area contributed by atoms with E-state index >= 15 is 0 Å². The van der Waals surface area contributed by atoms with Crippen molar-refractivity contribution >= 4 is 5.78 Å². The molecule has 2 aliphatic rings. The lowest BCUT2D eigenvalue weighted by Crippen LogP contribution is -2.20. The molecule has 3 unspecified atom stereocenters. The molecule has 1 nitrogen and oxygen atoms in total. The van der Waals surface area contributed by atoms with Crippen LogP contribution in [0.2, 0.25) is 0 Å². The van der Waals surface area contributed by atoms with Gasteiger partial charge in [-0.05, 0) is 49.9 Å². The van der Waals surface area contributed by atoms with Gasteiger partial charge in [-0.2, -0.15) is 0 Å². The van der Waals surface area contributed by atoms with E-state index in [4.69, 9.17) is 0 Å². The number of hydrogen-bond acceptors (Lipinski definition) is 1. The van der Waals surface area contributed by atoms with E-state index in [0.29, 0.717) is 11.7 Å². The molecule has 0 aromatic rings. The summed E-state index contributed by atoms with van der Waals surface area (Å²) >= 11 is 0. The second-order valence-electron chi connectivity index (χ2n) is 5.62. The van der Waals surface area contributed by atoms with Crippen molar-refractivity contribution in [2.24, 2.45) is 23.7 Å². The highest BCUT2D eigenvalue weighted by atomic mass is 16.1. The Labute approximate surface area is 93.6 Å². The van der Waals surface area contributed by atoms with Gasteiger partial charge in [0.1, 0.15) is 5.78 Å². The largest absolute Gasteiger partial charge is 0.299 e. The lowest BCUT2D eigenvalue weighted by Gasteiger charge is -2.22. The molecule has 0 spiro atoms. The number of carbonyl (C=O) groups excluding carboxylic acids is 1. The van der Waals surface area contributed by atoms with Crippen molar-refractivity contribution in [1.29, 1.82) is 0 Å². The minimum atomic E-state index is 0.351. The molecule has 1 heteroatoms. The highest BCUT2D eigenvalue weighted by Crippen LogP contribution is 2.49. The van der Waals surface area contributed by atoms with E-state index in [9.17, 15) is 4.79 Å². The molecule has 2 saturated carbocycles. The van der Waals surface area contributed by atoms with Gasteiger partial charge in [-0.15, -0.1) is 0 Å². The highest BCUT2D eigenvalue weighted by Gasteiger charge is 2.40. The van der Waals surface area contributed by atoms with Crippen LogP contribution in [0.15, 0.2) is 0 Å². The lowest BCUT2D eigenvalue weighted by atomic mass is 9.82. The second-order valence-corrected chi connectivity index (χ2v) is 5.62. The van der Waals surface area contributed by atoms with E-state index in [1.54, 1.807) is 0 Å². The SMILES string of the molecule is CCC(CC)C(=O)CC1CC2CCC1C2. The number of rotatable bonds is 5. The third kappa shape index (κ3) is 2.26. The topological polar surface area (TPSA) is 17.1 Å². The van der Waals surface area contributed by atoms with Crippen LogP contribution < -0.4 is 0 Å². The first-order valence-electron chi connectivity index (χ1n) is 6.77. The summed E-state index contributed by atoms with van der Waals surface area (Å²) in [7, 11) is 0. The predicted octanol–water partition coefficient (Wildman–Crippen LogP) is 3.82. The van der Waals surface area contributed by atoms with Gasteiger partial charge < -0.3 is 0 Å². The van der Waals surface area contributed by atoms with Gasteiger partial charge in [-0.3, -0.25) is 4.79 Å². The average Bonchev–Trinajstić information content (AvgIpc) is 2.81. The molecule has 0 amide bonds. The van der Waals surface area contributed by atoms with Crippen molar-refractivity contribution in [3.63, 3.8) is 0 Å². The number of Topliss-reactive ketones (excluding diaryl/α,β-unsaturated/α-hetero) is 1. The van der Waals surface area contributed by atoms with Crippen LogP contribution in [0.1, 0.15) is 58.8 Å². The zero-order valence-corrected chi connectivity index (χ0v) is 10.2. The molecule has 15 heavy (non-hydrogen) atoms. The molecule has 2 aliphatic carbocycles. The second kappa shape index (κ2) is 4.67. The summed E-state index contributed by atoms with van der Waals surface area (Å²) in [5, 5.41) is 0. The number of carbonyl (C=O) groups is 1. The Hall–Kier alpha value is -0.330. The summed E-state index contributed by atoms with van der Waals surface area (Å²) in [5.41, 5.74) is 0. The summed E-state index contributed by atoms with van der Waals surface area (Å²) in [6.45, 7) is 4.29. The van der Waals surface area contributed by atoms with Crippen molar-refractivity contribution in [2.45, 2.75) is 58.8 Å². The van der Waals surface area contributed by atoms with Crippen LogP contribution in [-0.4, -0.2) is 5.78 Å². The standard InChI is InChI=1S/C14H24O/c1-3-11(4-2)14(15)9-13-8-10-5-6-12(13)7-10/h10-13H,3-9H2,1-2H3. The van der Waals surface area contributed by atoms with E-state index < -0.39 is 0 Å². The number of hydrogen-bond donors (Lipinski definition) is 0. The number of ketones is 1. The molecule has 86 valence electrons. The monoisotopic (exact) mass is 208 g/mol. The Balaban J connectivity index is 1.84. The maximum absolute atomic E-state index is 12.0. The summed E-state index contributed by atoms with van der Waals surface area (Å²) in [5.74, 6) is 3.56. The van der Waals surface area contributed by atoms with Crippen molar-refractivity contribution in [3.8, 4) is 0 Å². The Morgan fingerprint density at radius 3 is 2.40 bits per heavy atom. The van der Waals surface area contributed by atoms with E-state index in [1.165, 1.54) is 25.7 Å². The van der Waals surface area contributed by atoms with Gasteiger partial charge in [-0.1, -0.05) is 20.3 Å². The van der Waals surface area contributed by atoms with Crippen molar-refractivity contribution < 1.29 is 4.79 Å². The van der Waals surface area contributed by atoms with Gasteiger partial charge in [0.2, 0.25) is 0 Å². The van der Waals surface area contributed by atoms with Gasteiger partial charge in [-0.25, -0.2) is 0 Å². The maximum atomic E-state index is 12.0. The molecule has 0 aliphatic heterocycles. The predicted molar refractivity (Wildman–Crippen MR) is 62.6 cm³/mol. The fourth-order valence-electron chi connectivity index (χ4n) is 3.80. The molecule has 0 saturated heterocycles. The van der Waals surface area contributed by atoms with E-state index in [2.05, 4.69) is 13.8 Å². The zero-order chi connectivity index (χ0) is 10.8. The highest BCUT2D eigenvalue weighted by molar-refractivity contribution is 5.81. The Morgan fingerprint density at radius 1 is 1.20 bits per heavy atom. The van der Waals surface area contributed by atoms with Crippen LogP contribution in [0.5, 0.6) is 0 Å². The fourth-order valence-corrected chi connectivity index (χ4v) is 3.80. The molecule has 0 aromatic heterocycles. The summed E-state index contributed by atoms with van der Waals surface area (Å²) in [4.78, 5) is 12.0. The van der Waals surface area contributed by atoms with E-state index in [-0.39, 0.29) is 0 Å². The van der Waals surface area contributed by atoms with Gasteiger partial charge in [0.15, 0.2) is 0 Å². The molecule has 0 radical (unpaired) electrons. The van der Waals surface area contributed by atoms with E-state index in [0.717, 1.165) is 37.0 Å². The van der Waals surface area contributed by atoms with Crippen LogP contribution in [0.4, 0.5) is 0 Å². The van der Waals surface area contributed by atoms with Crippen LogP contribution in [0, 0.1) is 23.7 Å². The molecule has 0 heterocycles. The summed E-state index contributed by atoms with van der Waals surface area (Å²) in [6, 6.07) is 0. The van der Waals surface area contributed by atoms with Gasteiger partial charge in [0.05, 0.1) is 0 Å². The molecule has 0 aromatic carbocycles. The maximum Gasteiger partial charge on any atom is 0.136 e. The third-order valence-corrected chi connectivity index (χ3v) is 4.79. The smallest absolute Gasteiger partial charge is 0.136 e.